The number of amides is 4. The topological polar surface area (TPSA) is 241 Å². The van der Waals surface area contributed by atoms with Gasteiger partial charge in [0.1, 0.15) is 23.6 Å². The number of hydrogen-bond acceptors (Lipinski definition) is 10. The summed E-state index contributed by atoms with van der Waals surface area (Å²) in [5, 5.41) is 42.4. The Morgan fingerprint density at radius 1 is 0.821 bits per heavy atom. The molecule has 0 aliphatic heterocycles. The maximum atomic E-state index is 12.5. The molecule has 0 aliphatic rings. The average molecular weight is 554 g/mol. The van der Waals surface area contributed by atoms with Crippen molar-refractivity contribution in [1.82, 2.24) is 26.6 Å². The van der Waals surface area contributed by atoms with E-state index >= 15 is 0 Å². The molecule has 1 aromatic carbocycles. The summed E-state index contributed by atoms with van der Waals surface area (Å²) >= 11 is 0. The number of aromatic hydroxyl groups is 2. The summed E-state index contributed by atoms with van der Waals surface area (Å²) in [6, 6.07) is 1.81. The van der Waals surface area contributed by atoms with Crippen LogP contribution in [0.5, 0.6) is 11.5 Å². The Morgan fingerprint density at radius 3 is 2.00 bits per heavy atom. The molecule has 4 amide bonds. The van der Waals surface area contributed by atoms with E-state index in [1.165, 1.54) is 12.1 Å². The number of nitrogens with one attached hydrogen (secondary N) is 5. The summed E-state index contributed by atoms with van der Waals surface area (Å²) in [7, 11) is 0. The minimum atomic E-state index is -1.13. The molecule has 39 heavy (non-hydrogen) atoms. The maximum Gasteiger partial charge on any atom is 0.243 e. The summed E-state index contributed by atoms with van der Waals surface area (Å²) in [5.74, 6) is -2.60. The fourth-order valence-electron chi connectivity index (χ4n) is 3.47. The van der Waals surface area contributed by atoms with E-state index in [9.17, 15) is 29.4 Å². The van der Waals surface area contributed by atoms with Gasteiger partial charge in [0.15, 0.2) is 0 Å². The lowest BCUT2D eigenvalue weighted by atomic mass is 10.1. The highest BCUT2D eigenvalue weighted by Crippen LogP contribution is 2.22. The van der Waals surface area contributed by atoms with Crippen LogP contribution in [-0.4, -0.2) is 96.9 Å². The summed E-state index contributed by atoms with van der Waals surface area (Å²) in [6.07, 6.45) is 2.59. The van der Waals surface area contributed by atoms with Gasteiger partial charge in [0.05, 0.1) is 19.4 Å². The van der Waals surface area contributed by atoms with Crippen molar-refractivity contribution in [2.75, 3.05) is 45.9 Å². The van der Waals surface area contributed by atoms with Crippen molar-refractivity contribution >= 4 is 23.6 Å². The third kappa shape index (κ3) is 15.5. The zero-order valence-corrected chi connectivity index (χ0v) is 22.2. The second-order valence-electron chi connectivity index (χ2n) is 9.07. The van der Waals surface area contributed by atoms with Gasteiger partial charge in [0.25, 0.3) is 0 Å². The van der Waals surface area contributed by atoms with E-state index in [0.717, 1.165) is 51.5 Å². The van der Waals surface area contributed by atoms with Gasteiger partial charge in [-0.1, -0.05) is 6.07 Å². The first-order valence-electron chi connectivity index (χ1n) is 13.1. The molecule has 0 saturated carbocycles. The van der Waals surface area contributed by atoms with E-state index in [1.807, 2.05) is 0 Å². The van der Waals surface area contributed by atoms with Crippen LogP contribution in [-0.2, 0) is 25.6 Å². The summed E-state index contributed by atoms with van der Waals surface area (Å²) in [5.41, 5.74) is 10.9. The number of carbonyl (C=O) groups is 4. The van der Waals surface area contributed by atoms with Crippen molar-refractivity contribution in [2.24, 2.45) is 11.5 Å². The predicted molar refractivity (Wildman–Crippen MR) is 145 cm³/mol. The van der Waals surface area contributed by atoms with Crippen molar-refractivity contribution < 1.29 is 34.5 Å². The predicted octanol–water partition coefficient (Wildman–Crippen LogP) is -2.71. The molecule has 1 rings (SSSR count). The monoisotopic (exact) mass is 553 g/mol. The van der Waals surface area contributed by atoms with Crippen molar-refractivity contribution in [2.45, 2.75) is 50.6 Å². The van der Waals surface area contributed by atoms with Gasteiger partial charge in [-0.3, -0.25) is 19.2 Å². The largest absolute Gasteiger partial charge is 0.508 e. The highest BCUT2D eigenvalue weighted by atomic mass is 16.3. The van der Waals surface area contributed by atoms with E-state index < -0.39 is 29.8 Å². The molecule has 1 unspecified atom stereocenters. The molecular formula is C25H43N7O7. The van der Waals surface area contributed by atoms with Crippen LogP contribution in [0.2, 0.25) is 0 Å². The Balaban J connectivity index is 2.13. The lowest BCUT2D eigenvalue weighted by molar-refractivity contribution is -0.131. The first-order chi connectivity index (χ1) is 18.6. The molecule has 12 N–H and O–H groups in total. The molecule has 220 valence electrons. The van der Waals surface area contributed by atoms with Gasteiger partial charge in [-0.05, 0) is 57.9 Å². The number of nitrogens with two attached hydrogens (primary N) is 2. The number of rotatable bonds is 21. The van der Waals surface area contributed by atoms with Crippen LogP contribution in [0.15, 0.2) is 18.2 Å². The Labute approximate surface area is 228 Å². The standard InChI is InChI=1S/C25H43N7O7/c26-19(16-33)24(38)30-12-4-10-29-9-3-8-28-7-1-2-11-31-25(39)20(15-22(27)36)32-23(37)13-17-5-6-18(34)14-21(17)35/h5-6,14,19-20,28-29,33-35H,1-4,7-13,15-16,26H2,(H2,27,36)(H,30,38)(H,31,39)(H,32,37)/t19?,20-/m0/s1. The van der Waals surface area contributed by atoms with Crippen LogP contribution in [0.1, 0.15) is 37.7 Å². The van der Waals surface area contributed by atoms with E-state index in [4.69, 9.17) is 16.6 Å². The van der Waals surface area contributed by atoms with E-state index in [1.54, 1.807) is 0 Å². The number of aliphatic hydroxyl groups excluding tert-OH is 1. The second-order valence-corrected chi connectivity index (χ2v) is 9.07. The summed E-state index contributed by atoms with van der Waals surface area (Å²) < 4.78 is 0. The van der Waals surface area contributed by atoms with Crippen LogP contribution < -0.4 is 38.1 Å². The van der Waals surface area contributed by atoms with E-state index in [-0.39, 0.29) is 42.4 Å². The van der Waals surface area contributed by atoms with Crippen LogP contribution in [0.25, 0.3) is 0 Å². The molecular weight excluding hydrogens is 510 g/mol. The minimum absolute atomic E-state index is 0.146. The van der Waals surface area contributed by atoms with E-state index in [2.05, 4.69) is 26.6 Å². The lowest BCUT2D eigenvalue weighted by Crippen LogP contribution is -2.49. The summed E-state index contributed by atoms with van der Waals surface area (Å²) in [4.78, 5) is 47.6. The quantitative estimate of drug-likeness (QED) is 0.0706. The van der Waals surface area contributed by atoms with Gasteiger partial charge in [-0.25, -0.2) is 0 Å². The van der Waals surface area contributed by atoms with Crippen molar-refractivity contribution in [3.63, 3.8) is 0 Å². The molecule has 1 aromatic rings. The third-order valence-electron chi connectivity index (χ3n) is 5.63. The van der Waals surface area contributed by atoms with Crippen molar-refractivity contribution in [1.29, 1.82) is 0 Å². The molecule has 0 aliphatic carbocycles. The molecule has 0 radical (unpaired) electrons. The number of aliphatic hydroxyl groups is 1. The number of benzene rings is 1. The SMILES string of the molecule is NC(=O)C[C@H](NC(=O)Cc1ccc(O)cc1O)C(=O)NCCCCNCCCNCCCNC(=O)C(N)CO. The smallest absolute Gasteiger partial charge is 0.243 e. The van der Waals surface area contributed by atoms with Gasteiger partial charge >= 0.3 is 0 Å². The molecule has 0 bridgehead atoms. The average Bonchev–Trinajstić information content (AvgIpc) is 2.89. The zero-order chi connectivity index (χ0) is 29.0. The molecule has 14 heteroatoms. The van der Waals surface area contributed by atoms with Gasteiger partial charge in [0, 0.05) is 24.7 Å². The molecule has 0 heterocycles. The third-order valence-corrected chi connectivity index (χ3v) is 5.63. The number of unbranched alkanes of at least 4 members (excludes halogenated alkanes) is 1. The molecule has 2 atom stereocenters. The van der Waals surface area contributed by atoms with Crippen LogP contribution in [0.4, 0.5) is 0 Å². The molecule has 0 spiro atoms. The number of hydrogen-bond donors (Lipinski definition) is 10. The van der Waals surface area contributed by atoms with Crippen molar-refractivity contribution in [3.05, 3.63) is 23.8 Å². The molecule has 0 aromatic heterocycles. The Morgan fingerprint density at radius 2 is 1.38 bits per heavy atom. The number of primary amides is 1. The van der Waals surface area contributed by atoms with Crippen LogP contribution in [0, 0.1) is 0 Å². The Hall–Kier alpha value is -3.46. The van der Waals surface area contributed by atoms with Crippen molar-refractivity contribution in [3.8, 4) is 11.5 Å². The van der Waals surface area contributed by atoms with Gasteiger partial charge in [-0.2, -0.15) is 0 Å². The number of phenols is 2. The first kappa shape index (κ1) is 33.6. The normalized spacial score (nSPS) is 12.4. The molecule has 0 saturated heterocycles. The highest BCUT2D eigenvalue weighted by Gasteiger charge is 2.23. The zero-order valence-electron chi connectivity index (χ0n) is 22.2. The molecule has 14 nitrogen and oxygen atoms in total. The second kappa shape index (κ2) is 19.6. The van der Waals surface area contributed by atoms with Gasteiger partial charge < -0.3 is 53.4 Å². The van der Waals surface area contributed by atoms with Gasteiger partial charge in [-0.15, -0.1) is 0 Å². The fraction of sp³-hybridized carbons (Fsp3) is 0.600. The Kier molecular flexibility index (Phi) is 16.9. The number of phenolic OH excluding ortho intramolecular Hbond substituents is 2. The maximum absolute atomic E-state index is 12.5. The highest BCUT2D eigenvalue weighted by molar-refractivity contribution is 5.92. The molecule has 0 fully saturated rings. The first-order valence-corrected chi connectivity index (χ1v) is 13.1. The summed E-state index contributed by atoms with van der Waals surface area (Å²) in [6.45, 7) is 3.66. The van der Waals surface area contributed by atoms with Gasteiger partial charge in [0.2, 0.25) is 23.6 Å². The fourth-order valence-corrected chi connectivity index (χ4v) is 3.47. The van der Waals surface area contributed by atoms with Crippen LogP contribution in [0.3, 0.4) is 0 Å². The number of carbonyl (C=O) groups excluding carboxylic acids is 4. The van der Waals surface area contributed by atoms with Crippen LogP contribution >= 0.6 is 0 Å². The Bertz CT molecular complexity index is 917. The minimum Gasteiger partial charge on any atom is -0.508 e. The lowest BCUT2D eigenvalue weighted by Gasteiger charge is -2.17. The van der Waals surface area contributed by atoms with E-state index in [0.29, 0.717) is 19.5 Å².